The van der Waals surface area contributed by atoms with E-state index in [0.29, 0.717) is 19.4 Å². The van der Waals surface area contributed by atoms with Crippen LogP contribution >= 0.6 is 0 Å². The van der Waals surface area contributed by atoms with Gasteiger partial charge in [0.2, 0.25) is 5.91 Å². The summed E-state index contributed by atoms with van der Waals surface area (Å²) < 4.78 is 5.48. The van der Waals surface area contributed by atoms with Crippen molar-refractivity contribution in [3.05, 3.63) is 24.3 Å². The van der Waals surface area contributed by atoms with E-state index in [1.54, 1.807) is 6.08 Å². The lowest BCUT2D eigenvalue weighted by Crippen LogP contribution is -2.45. The fourth-order valence-corrected chi connectivity index (χ4v) is 11.8. The Morgan fingerprint density at radius 3 is 0.901 bits per heavy atom. The summed E-state index contributed by atoms with van der Waals surface area (Å²) in [5.74, 6) is -0.0509. The van der Waals surface area contributed by atoms with Crippen molar-refractivity contribution >= 4 is 11.9 Å². The predicted octanol–water partition coefficient (Wildman–Crippen LogP) is 24.1. The Kier molecular flexibility index (Phi) is 69.4. The number of carbonyl (C=O) groups excluding carboxylic acids is 2. The second-order valence-electron chi connectivity index (χ2n) is 25.6. The van der Waals surface area contributed by atoms with Crippen LogP contribution in [-0.4, -0.2) is 47.4 Å². The van der Waals surface area contributed by atoms with Crippen LogP contribution in [0.15, 0.2) is 24.3 Å². The van der Waals surface area contributed by atoms with Gasteiger partial charge in [0.05, 0.1) is 25.4 Å². The molecule has 0 spiro atoms. The van der Waals surface area contributed by atoms with E-state index in [2.05, 4.69) is 31.3 Å². The summed E-state index contributed by atoms with van der Waals surface area (Å²) >= 11 is 0. The third-order valence-electron chi connectivity index (χ3n) is 17.5. The number of unbranched alkanes of at least 4 members (excludes halogenated alkanes) is 57. The zero-order valence-electron chi connectivity index (χ0n) is 55.0. The number of esters is 1. The smallest absolute Gasteiger partial charge is 0.305 e. The van der Waals surface area contributed by atoms with Crippen LogP contribution in [0, 0.1) is 0 Å². The van der Waals surface area contributed by atoms with Gasteiger partial charge in [-0.15, -0.1) is 0 Å². The molecule has 0 saturated heterocycles. The van der Waals surface area contributed by atoms with Crippen LogP contribution in [0.5, 0.6) is 0 Å². The van der Waals surface area contributed by atoms with E-state index in [0.717, 1.165) is 44.9 Å². The molecule has 2 unspecified atom stereocenters. The van der Waals surface area contributed by atoms with Gasteiger partial charge in [0, 0.05) is 12.8 Å². The predicted molar refractivity (Wildman–Crippen MR) is 356 cm³/mol. The molecule has 0 saturated carbocycles. The molecule has 0 heterocycles. The van der Waals surface area contributed by atoms with Crippen molar-refractivity contribution in [2.75, 3.05) is 13.2 Å². The second-order valence-corrected chi connectivity index (χ2v) is 25.6. The van der Waals surface area contributed by atoms with Crippen molar-refractivity contribution < 1.29 is 24.5 Å². The second kappa shape index (κ2) is 70.8. The number of aliphatic hydroxyl groups is 2. The zero-order chi connectivity index (χ0) is 58.5. The number of carbonyl (C=O) groups is 2. The lowest BCUT2D eigenvalue weighted by molar-refractivity contribution is -0.143. The van der Waals surface area contributed by atoms with Crippen LogP contribution < -0.4 is 5.32 Å². The lowest BCUT2D eigenvalue weighted by Gasteiger charge is -2.20. The average molecular weight is 1140 g/mol. The van der Waals surface area contributed by atoms with E-state index in [4.69, 9.17) is 4.74 Å². The SMILES string of the molecule is CCCCC/C=C\CCCCCCCC(=O)OCCCCCCCCCCCCCCCCCCCCCCCCCCCCCCC(=O)NC(CO)C(O)/C=C/CCCCCCCCCCCCCCCCCCCCCCCC. The molecule has 0 aromatic carbocycles. The van der Waals surface area contributed by atoms with Crippen LogP contribution in [-0.2, 0) is 14.3 Å². The van der Waals surface area contributed by atoms with Crippen molar-refractivity contribution in [3.63, 3.8) is 0 Å². The highest BCUT2D eigenvalue weighted by Crippen LogP contribution is 2.19. The molecule has 480 valence electrons. The van der Waals surface area contributed by atoms with Crippen molar-refractivity contribution in [1.29, 1.82) is 0 Å². The summed E-state index contributed by atoms with van der Waals surface area (Å²) in [5, 5.41) is 23.3. The molecule has 0 bridgehead atoms. The van der Waals surface area contributed by atoms with Gasteiger partial charge in [-0.05, 0) is 57.8 Å². The average Bonchev–Trinajstić information content (AvgIpc) is 3.47. The number of rotatable bonds is 70. The summed E-state index contributed by atoms with van der Waals surface area (Å²) in [6.07, 6.45) is 89.9. The summed E-state index contributed by atoms with van der Waals surface area (Å²) in [5.41, 5.74) is 0. The molecular weight excluding hydrogens is 995 g/mol. The van der Waals surface area contributed by atoms with Crippen LogP contribution in [0.2, 0.25) is 0 Å². The molecule has 2 atom stereocenters. The van der Waals surface area contributed by atoms with Crippen LogP contribution in [0.25, 0.3) is 0 Å². The summed E-state index contributed by atoms with van der Waals surface area (Å²) in [6.45, 7) is 4.92. The van der Waals surface area contributed by atoms with Gasteiger partial charge in [-0.2, -0.15) is 0 Å². The Balaban J connectivity index is 3.38. The number of hydrogen-bond acceptors (Lipinski definition) is 5. The first-order valence-corrected chi connectivity index (χ1v) is 37.1. The molecule has 0 aliphatic carbocycles. The Bertz CT molecular complexity index is 1270. The van der Waals surface area contributed by atoms with Gasteiger partial charge < -0.3 is 20.3 Å². The fourth-order valence-electron chi connectivity index (χ4n) is 11.8. The van der Waals surface area contributed by atoms with Gasteiger partial charge in [-0.3, -0.25) is 9.59 Å². The topological polar surface area (TPSA) is 95.9 Å². The van der Waals surface area contributed by atoms with Crippen LogP contribution in [0.1, 0.15) is 418 Å². The molecule has 3 N–H and O–H groups in total. The molecule has 0 fully saturated rings. The van der Waals surface area contributed by atoms with Gasteiger partial charge in [-0.1, -0.05) is 372 Å². The minimum Gasteiger partial charge on any atom is -0.466 e. The van der Waals surface area contributed by atoms with Gasteiger partial charge in [0.1, 0.15) is 0 Å². The van der Waals surface area contributed by atoms with Gasteiger partial charge in [0.25, 0.3) is 0 Å². The molecule has 0 aromatic heterocycles. The first-order chi connectivity index (χ1) is 40.0. The molecule has 0 aliphatic rings. The van der Waals surface area contributed by atoms with E-state index >= 15 is 0 Å². The standard InChI is InChI=1S/C75H145NO5/c1-3-5-7-9-11-13-15-17-18-19-20-21-22-29-32-35-38-41-44-47-51-55-59-63-67-73(78)72(71-77)76-74(79)68-64-60-56-52-48-45-42-39-36-33-30-27-25-23-24-26-28-31-34-37-40-43-46-50-54-58-62-66-70-81-75(80)69-65-61-57-53-49-16-14-12-10-8-6-4-2/h12,14,63,67,72-73,77-78H,3-11,13,15-62,64-66,68-71H2,1-2H3,(H,76,79)/b14-12-,67-63+. The lowest BCUT2D eigenvalue weighted by atomic mass is 10.0. The molecule has 1 amide bonds. The van der Waals surface area contributed by atoms with Gasteiger partial charge in [0.15, 0.2) is 0 Å². The van der Waals surface area contributed by atoms with Crippen molar-refractivity contribution in [3.8, 4) is 0 Å². The highest BCUT2D eigenvalue weighted by Gasteiger charge is 2.18. The van der Waals surface area contributed by atoms with E-state index in [1.807, 2.05) is 6.08 Å². The van der Waals surface area contributed by atoms with Crippen LogP contribution in [0.3, 0.4) is 0 Å². The first-order valence-electron chi connectivity index (χ1n) is 37.1. The highest BCUT2D eigenvalue weighted by atomic mass is 16.5. The monoisotopic (exact) mass is 1140 g/mol. The molecule has 81 heavy (non-hydrogen) atoms. The molecule has 6 heteroatoms. The van der Waals surface area contributed by atoms with Crippen LogP contribution in [0.4, 0.5) is 0 Å². The molecule has 0 rings (SSSR count). The summed E-state index contributed by atoms with van der Waals surface area (Å²) in [4.78, 5) is 24.6. The van der Waals surface area contributed by atoms with Crippen molar-refractivity contribution in [1.82, 2.24) is 5.32 Å². The van der Waals surface area contributed by atoms with E-state index in [9.17, 15) is 19.8 Å². The fraction of sp³-hybridized carbons (Fsp3) is 0.920. The number of amides is 1. The van der Waals surface area contributed by atoms with Crippen molar-refractivity contribution in [2.24, 2.45) is 0 Å². The minimum absolute atomic E-state index is 0.00909. The Labute approximate surface area is 507 Å². The zero-order valence-corrected chi connectivity index (χ0v) is 55.0. The Morgan fingerprint density at radius 1 is 0.333 bits per heavy atom. The maximum absolute atomic E-state index is 12.5. The van der Waals surface area contributed by atoms with E-state index in [1.165, 1.54) is 347 Å². The van der Waals surface area contributed by atoms with Gasteiger partial charge >= 0.3 is 5.97 Å². The number of allylic oxidation sites excluding steroid dienone is 3. The number of nitrogens with one attached hydrogen (secondary N) is 1. The summed E-state index contributed by atoms with van der Waals surface area (Å²) in [6, 6.07) is -0.627. The summed E-state index contributed by atoms with van der Waals surface area (Å²) in [7, 11) is 0. The third kappa shape index (κ3) is 67.3. The number of hydrogen-bond donors (Lipinski definition) is 3. The Morgan fingerprint density at radius 2 is 0.580 bits per heavy atom. The quantitative estimate of drug-likeness (QED) is 0.0320. The molecule has 0 aromatic rings. The third-order valence-corrected chi connectivity index (χ3v) is 17.5. The number of aliphatic hydroxyl groups excluding tert-OH is 2. The minimum atomic E-state index is -0.844. The van der Waals surface area contributed by atoms with E-state index < -0.39 is 12.1 Å². The largest absolute Gasteiger partial charge is 0.466 e. The normalized spacial score (nSPS) is 12.6. The molecule has 6 nitrogen and oxygen atoms in total. The maximum atomic E-state index is 12.5. The van der Waals surface area contributed by atoms with Crippen molar-refractivity contribution in [2.45, 2.75) is 431 Å². The highest BCUT2D eigenvalue weighted by molar-refractivity contribution is 5.76. The van der Waals surface area contributed by atoms with Gasteiger partial charge in [-0.25, -0.2) is 0 Å². The maximum Gasteiger partial charge on any atom is 0.305 e. The Hall–Kier alpha value is -1.66. The van der Waals surface area contributed by atoms with E-state index in [-0.39, 0.29) is 18.5 Å². The number of ether oxygens (including phenoxy) is 1. The molecular formula is C75H145NO5. The molecule has 0 radical (unpaired) electrons. The first kappa shape index (κ1) is 79.3. The molecule has 0 aliphatic heterocycles.